The maximum Gasteiger partial charge on any atom is 0.145 e. The van der Waals surface area contributed by atoms with Gasteiger partial charge in [0, 0.05) is 13.2 Å². The first-order valence-electron chi connectivity index (χ1n) is 6.45. The van der Waals surface area contributed by atoms with Crippen molar-refractivity contribution >= 4 is 16.9 Å². The molecule has 4 heteroatoms. The molecule has 1 atom stereocenters. The molecular weight excluding hydrogens is 226 g/mol. The summed E-state index contributed by atoms with van der Waals surface area (Å²) >= 11 is 0. The van der Waals surface area contributed by atoms with Crippen molar-refractivity contribution in [3.8, 4) is 0 Å². The minimum Gasteiger partial charge on any atom is -0.381 e. The van der Waals surface area contributed by atoms with Crippen LogP contribution in [0.15, 0.2) is 30.5 Å². The number of aromatic nitrogens is 2. The maximum atomic E-state index is 5.46. The molecule has 0 saturated carbocycles. The lowest BCUT2D eigenvalue weighted by molar-refractivity contribution is 0.0595. The van der Waals surface area contributed by atoms with Crippen LogP contribution in [0.2, 0.25) is 0 Å². The largest absolute Gasteiger partial charge is 0.381 e. The molecule has 2 heterocycles. The fourth-order valence-electron chi connectivity index (χ4n) is 2.26. The summed E-state index contributed by atoms with van der Waals surface area (Å²) in [6.45, 7) is 2.67. The molecule has 1 saturated heterocycles. The fourth-order valence-corrected chi connectivity index (χ4v) is 2.26. The molecule has 0 bridgehead atoms. The van der Waals surface area contributed by atoms with Gasteiger partial charge in [0.05, 0.1) is 23.8 Å². The quantitative estimate of drug-likeness (QED) is 0.899. The summed E-state index contributed by atoms with van der Waals surface area (Å²) in [5, 5.41) is 3.35. The number of hydrogen-bond donors (Lipinski definition) is 1. The molecule has 0 aliphatic carbocycles. The monoisotopic (exact) mass is 243 g/mol. The highest BCUT2D eigenvalue weighted by Gasteiger charge is 2.13. The lowest BCUT2D eigenvalue weighted by Crippen LogP contribution is -2.24. The number of benzene rings is 1. The lowest BCUT2D eigenvalue weighted by Gasteiger charge is -2.22. The van der Waals surface area contributed by atoms with Crippen LogP contribution in [-0.2, 0) is 4.74 Å². The van der Waals surface area contributed by atoms with Crippen LogP contribution in [0, 0.1) is 5.92 Å². The molecule has 1 fully saturated rings. The average molecular weight is 243 g/mol. The van der Waals surface area contributed by atoms with Crippen molar-refractivity contribution in [2.24, 2.45) is 5.92 Å². The number of rotatable bonds is 3. The zero-order chi connectivity index (χ0) is 12.2. The summed E-state index contributed by atoms with van der Waals surface area (Å²) in [7, 11) is 0. The highest BCUT2D eigenvalue weighted by atomic mass is 16.5. The van der Waals surface area contributed by atoms with Crippen molar-refractivity contribution < 1.29 is 4.74 Å². The zero-order valence-electron chi connectivity index (χ0n) is 10.3. The Kier molecular flexibility index (Phi) is 3.37. The van der Waals surface area contributed by atoms with E-state index in [0.717, 1.165) is 43.0 Å². The smallest absolute Gasteiger partial charge is 0.145 e. The zero-order valence-corrected chi connectivity index (χ0v) is 10.3. The summed E-state index contributed by atoms with van der Waals surface area (Å²) in [6.07, 6.45) is 4.19. The van der Waals surface area contributed by atoms with Crippen LogP contribution in [0.1, 0.15) is 12.8 Å². The molecule has 1 unspecified atom stereocenters. The van der Waals surface area contributed by atoms with Gasteiger partial charge in [-0.3, -0.25) is 4.98 Å². The minimum atomic E-state index is 0.590. The molecule has 2 aromatic rings. The Morgan fingerprint density at radius 1 is 1.28 bits per heavy atom. The third-order valence-corrected chi connectivity index (χ3v) is 3.28. The van der Waals surface area contributed by atoms with Gasteiger partial charge < -0.3 is 10.1 Å². The fraction of sp³-hybridized carbons (Fsp3) is 0.429. The van der Waals surface area contributed by atoms with Gasteiger partial charge in [-0.05, 0) is 30.9 Å². The highest BCUT2D eigenvalue weighted by molar-refractivity contribution is 5.75. The van der Waals surface area contributed by atoms with Crippen molar-refractivity contribution in [1.82, 2.24) is 9.97 Å². The normalized spacial score (nSPS) is 19.9. The first kappa shape index (κ1) is 11.4. The molecule has 1 aliphatic rings. The van der Waals surface area contributed by atoms with E-state index in [9.17, 15) is 0 Å². The van der Waals surface area contributed by atoms with Gasteiger partial charge in [-0.2, -0.15) is 0 Å². The molecule has 0 radical (unpaired) electrons. The summed E-state index contributed by atoms with van der Waals surface area (Å²) in [5.74, 6) is 1.44. The van der Waals surface area contributed by atoms with E-state index in [1.165, 1.54) is 6.42 Å². The second kappa shape index (κ2) is 5.31. The Morgan fingerprint density at radius 2 is 2.17 bits per heavy atom. The number of para-hydroxylation sites is 2. The Labute approximate surface area is 106 Å². The van der Waals surface area contributed by atoms with E-state index >= 15 is 0 Å². The molecule has 1 N–H and O–H groups in total. The number of hydrogen-bond acceptors (Lipinski definition) is 4. The molecule has 4 nitrogen and oxygen atoms in total. The van der Waals surface area contributed by atoms with E-state index in [4.69, 9.17) is 4.74 Å². The Hall–Kier alpha value is -1.68. The topological polar surface area (TPSA) is 47.0 Å². The number of fused-ring (bicyclic) bond motifs is 1. The molecule has 0 amide bonds. The second-order valence-corrected chi connectivity index (χ2v) is 4.71. The molecular formula is C14H17N3O. The lowest BCUT2D eigenvalue weighted by atomic mass is 10.0. The Balaban J connectivity index is 1.66. The number of nitrogens with zero attached hydrogens (tertiary/aromatic N) is 2. The van der Waals surface area contributed by atoms with Crippen LogP contribution < -0.4 is 5.32 Å². The van der Waals surface area contributed by atoms with Crippen molar-refractivity contribution in [3.05, 3.63) is 30.5 Å². The summed E-state index contributed by atoms with van der Waals surface area (Å²) in [5.41, 5.74) is 1.87. The standard InChI is InChI=1S/C14H17N3O/c1-2-6-13-12(5-1)15-9-14(17-13)16-8-11-4-3-7-18-10-11/h1-2,5-6,9,11H,3-4,7-8,10H2,(H,16,17). The van der Waals surface area contributed by atoms with E-state index in [0.29, 0.717) is 5.92 Å². The molecule has 3 rings (SSSR count). The van der Waals surface area contributed by atoms with Crippen LogP contribution in [0.4, 0.5) is 5.82 Å². The van der Waals surface area contributed by atoms with Gasteiger partial charge in [0.2, 0.25) is 0 Å². The first-order valence-corrected chi connectivity index (χ1v) is 6.45. The number of anilines is 1. The third kappa shape index (κ3) is 2.59. The van der Waals surface area contributed by atoms with Gasteiger partial charge in [-0.25, -0.2) is 4.98 Å². The highest BCUT2D eigenvalue weighted by Crippen LogP contribution is 2.15. The SMILES string of the molecule is c1ccc2nc(NCC3CCCOC3)cnc2c1. The Morgan fingerprint density at radius 3 is 3.00 bits per heavy atom. The van der Waals surface area contributed by atoms with Crippen LogP contribution in [0.3, 0.4) is 0 Å². The van der Waals surface area contributed by atoms with Gasteiger partial charge in [0.25, 0.3) is 0 Å². The van der Waals surface area contributed by atoms with Crippen molar-refractivity contribution in [1.29, 1.82) is 0 Å². The van der Waals surface area contributed by atoms with Crippen LogP contribution in [-0.4, -0.2) is 29.7 Å². The number of nitrogens with one attached hydrogen (secondary N) is 1. The van der Waals surface area contributed by atoms with E-state index in [1.54, 1.807) is 6.20 Å². The van der Waals surface area contributed by atoms with Crippen molar-refractivity contribution in [2.75, 3.05) is 25.1 Å². The van der Waals surface area contributed by atoms with Crippen molar-refractivity contribution in [2.45, 2.75) is 12.8 Å². The van der Waals surface area contributed by atoms with E-state index in [-0.39, 0.29) is 0 Å². The predicted molar refractivity (Wildman–Crippen MR) is 71.6 cm³/mol. The van der Waals surface area contributed by atoms with Crippen LogP contribution >= 0.6 is 0 Å². The van der Waals surface area contributed by atoms with E-state index in [1.807, 2.05) is 24.3 Å². The summed E-state index contributed by atoms with van der Waals surface area (Å²) in [4.78, 5) is 8.93. The molecule has 18 heavy (non-hydrogen) atoms. The molecule has 1 aromatic carbocycles. The molecule has 0 spiro atoms. The van der Waals surface area contributed by atoms with Crippen molar-refractivity contribution in [3.63, 3.8) is 0 Å². The minimum absolute atomic E-state index is 0.590. The maximum absolute atomic E-state index is 5.46. The van der Waals surface area contributed by atoms with Crippen LogP contribution in [0.5, 0.6) is 0 Å². The molecule has 1 aliphatic heterocycles. The van der Waals surface area contributed by atoms with E-state index in [2.05, 4.69) is 15.3 Å². The average Bonchev–Trinajstić information content (AvgIpc) is 2.46. The molecule has 94 valence electrons. The third-order valence-electron chi connectivity index (χ3n) is 3.28. The van der Waals surface area contributed by atoms with E-state index < -0.39 is 0 Å². The first-order chi connectivity index (χ1) is 8.92. The number of ether oxygens (including phenoxy) is 1. The Bertz CT molecular complexity index is 523. The predicted octanol–water partition coefficient (Wildman–Crippen LogP) is 2.47. The van der Waals surface area contributed by atoms with Gasteiger partial charge in [-0.1, -0.05) is 12.1 Å². The summed E-state index contributed by atoms with van der Waals surface area (Å²) in [6, 6.07) is 7.91. The molecule has 1 aromatic heterocycles. The second-order valence-electron chi connectivity index (χ2n) is 4.71. The van der Waals surface area contributed by atoms with Gasteiger partial charge >= 0.3 is 0 Å². The van der Waals surface area contributed by atoms with Gasteiger partial charge in [0.1, 0.15) is 5.82 Å². The van der Waals surface area contributed by atoms with Gasteiger partial charge in [0.15, 0.2) is 0 Å². The summed E-state index contributed by atoms with van der Waals surface area (Å²) < 4.78 is 5.46. The van der Waals surface area contributed by atoms with Gasteiger partial charge in [-0.15, -0.1) is 0 Å². The van der Waals surface area contributed by atoms with Crippen LogP contribution in [0.25, 0.3) is 11.0 Å².